The van der Waals surface area contributed by atoms with Gasteiger partial charge in [0.25, 0.3) is 11.8 Å². The molecule has 6 heteroatoms. The Morgan fingerprint density at radius 1 is 1.05 bits per heavy atom. The molecule has 0 fully saturated rings. The Labute approximate surface area is 129 Å². The van der Waals surface area contributed by atoms with Crippen molar-refractivity contribution < 1.29 is 9.59 Å². The highest BCUT2D eigenvalue weighted by atomic mass is 79.9. The standard InChI is InChI=1S/C15H12BrN3O2/c1-19-14(20)10-4-3-9(7-11(10)15(19)21)18-13-5-2-8(16)6-12(13)17/h2-7,18H,17H2,1H3. The van der Waals surface area contributed by atoms with Crippen molar-refractivity contribution in [3.05, 3.63) is 52.0 Å². The van der Waals surface area contributed by atoms with Gasteiger partial charge < -0.3 is 11.1 Å². The summed E-state index contributed by atoms with van der Waals surface area (Å²) >= 11 is 3.35. The Morgan fingerprint density at radius 2 is 1.76 bits per heavy atom. The quantitative estimate of drug-likeness (QED) is 0.648. The van der Waals surface area contributed by atoms with Crippen LogP contribution < -0.4 is 11.1 Å². The van der Waals surface area contributed by atoms with Crippen molar-refractivity contribution in [3.8, 4) is 0 Å². The van der Waals surface area contributed by atoms with E-state index >= 15 is 0 Å². The molecule has 0 spiro atoms. The zero-order valence-electron chi connectivity index (χ0n) is 11.2. The van der Waals surface area contributed by atoms with Crippen molar-refractivity contribution in [2.45, 2.75) is 0 Å². The Hall–Kier alpha value is -2.34. The number of halogens is 1. The summed E-state index contributed by atoms with van der Waals surface area (Å²) in [6.07, 6.45) is 0. The molecule has 2 amide bonds. The van der Waals surface area contributed by atoms with Crippen LogP contribution >= 0.6 is 15.9 Å². The second-order valence-electron chi connectivity index (χ2n) is 4.79. The van der Waals surface area contributed by atoms with Crippen LogP contribution in [0.5, 0.6) is 0 Å². The number of imide groups is 1. The Kier molecular flexibility index (Phi) is 3.17. The number of hydrogen-bond donors (Lipinski definition) is 2. The normalized spacial score (nSPS) is 13.5. The monoisotopic (exact) mass is 345 g/mol. The topological polar surface area (TPSA) is 75.4 Å². The fourth-order valence-electron chi connectivity index (χ4n) is 2.24. The number of anilines is 3. The Bertz CT molecular complexity index is 774. The smallest absolute Gasteiger partial charge is 0.261 e. The number of amides is 2. The summed E-state index contributed by atoms with van der Waals surface area (Å²) in [6, 6.07) is 10.6. The average molecular weight is 346 g/mol. The van der Waals surface area contributed by atoms with E-state index < -0.39 is 0 Å². The van der Waals surface area contributed by atoms with Gasteiger partial charge in [-0.1, -0.05) is 15.9 Å². The summed E-state index contributed by atoms with van der Waals surface area (Å²) in [5.41, 5.74) is 8.80. The highest BCUT2D eigenvalue weighted by Gasteiger charge is 2.32. The molecule has 21 heavy (non-hydrogen) atoms. The van der Waals surface area contributed by atoms with Crippen LogP contribution in [0, 0.1) is 0 Å². The maximum Gasteiger partial charge on any atom is 0.261 e. The van der Waals surface area contributed by atoms with Crippen molar-refractivity contribution in [2.24, 2.45) is 0 Å². The predicted molar refractivity (Wildman–Crippen MR) is 84.7 cm³/mol. The van der Waals surface area contributed by atoms with Crippen molar-refractivity contribution in [2.75, 3.05) is 18.1 Å². The van der Waals surface area contributed by atoms with E-state index in [0.717, 1.165) is 15.1 Å². The first-order chi connectivity index (χ1) is 9.97. The summed E-state index contributed by atoms with van der Waals surface area (Å²) in [4.78, 5) is 24.9. The number of benzene rings is 2. The van der Waals surface area contributed by atoms with Crippen LogP contribution in [0.1, 0.15) is 20.7 Å². The number of hydrogen-bond acceptors (Lipinski definition) is 4. The largest absolute Gasteiger partial charge is 0.397 e. The number of nitrogens with two attached hydrogens (primary N) is 1. The lowest BCUT2D eigenvalue weighted by molar-refractivity contribution is 0.0693. The molecule has 106 valence electrons. The van der Waals surface area contributed by atoms with E-state index in [0.29, 0.717) is 22.5 Å². The minimum absolute atomic E-state index is 0.273. The first-order valence-electron chi connectivity index (χ1n) is 6.26. The first kappa shape index (κ1) is 13.6. The van der Waals surface area contributed by atoms with Crippen LogP contribution in [0.4, 0.5) is 17.1 Å². The third-order valence-corrected chi connectivity index (χ3v) is 3.88. The Balaban J connectivity index is 1.95. The number of carbonyl (C=O) groups excluding carboxylic acids is 2. The van der Waals surface area contributed by atoms with Crippen molar-refractivity contribution >= 4 is 44.8 Å². The van der Waals surface area contributed by atoms with Crippen LogP contribution in [0.25, 0.3) is 0 Å². The highest BCUT2D eigenvalue weighted by Crippen LogP contribution is 2.29. The molecule has 0 saturated carbocycles. The minimum Gasteiger partial charge on any atom is -0.397 e. The summed E-state index contributed by atoms with van der Waals surface area (Å²) in [5, 5.41) is 3.15. The summed E-state index contributed by atoms with van der Waals surface area (Å²) < 4.78 is 0.891. The number of nitrogens with one attached hydrogen (secondary N) is 1. The molecule has 2 aromatic rings. The average Bonchev–Trinajstić information content (AvgIpc) is 2.67. The van der Waals surface area contributed by atoms with E-state index in [1.807, 2.05) is 12.1 Å². The second-order valence-corrected chi connectivity index (χ2v) is 5.70. The van der Waals surface area contributed by atoms with Gasteiger partial charge >= 0.3 is 0 Å². The molecule has 1 aliphatic rings. The van der Waals surface area contributed by atoms with Gasteiger partial charge in [0, 0.05) is 17.2 Å². The van der Waals surface area contributed by atoms with Gasteiger partial charge in [-0.15, -0.1) is 0 Å². The Morgan fingerprint density at radius 3 is 2.48 bits per heavy atom. The summed E-state index contributed by atoms with van der Waals surface area (Å²) in [7, 11) is 1.48. The van der Waals surface area contributed by atoms with E-state index in [-0.39, 0.29) is 11.8 Å². The van der Waals surface area contributed by atoms with Gasteiger partial charge in [-0.05, 0) is 36.4 Å². The zero-order valence-corrected chi connectivity index (χ0v) is 12.8. The van der Waals surface area contributed by atoms with Crippen LogP contribution in [-0.2, 0) is 0 Å². The number of rotatable bonds is 2. The molecule has 0 saturated heterocycles. The number of nitrogens with zero attached hydrogens (tertiary/aromatic N) is 1. The highest BCUT2D eigenvalue weighted by molar-refractivity contribution is 9.10. The number of fused-ring (bicyclic) bond motifs is 1. The lowest BCUT2D eigenvalue weighted by Gasteiger charge is -2.10. The summed E-state index contributed by atoms with van der Waals surface area (Å²) in [5.74, 6) is -0.563. The van der Waals surface area contributed by atoms with E-state index in [4.69, 9.17) is 5.73 Å². The molecule has 0 aliphatic carbocycles. The fraction of sp³-hybridized carbons (Fsp3) is 0.0667. The molecule has 0 unspecified atom stereocenters. The maximum absolute atomic E-state index is 12.0. The minimum atomic E-state index is -0.289. The van der Waals surface area contributed by atoms with E-state index in [9.17, 15) is 9.59 Å². The molecule has 0 atom stereocenters. The van der Waals surface area contributed by atoms with Crippen molar-refractivity contribution in [3.63, 3.8) is 0 Å². The lowest BCUT2D eigenvalue weighted by Crippen LogP contribution is -2.24. The molecule has 2 aromatic carbocycles. The third kappa shape index (κ3) is 2.27. The van der Waals surface area contributed by atoms with Crippen LogP contribution in [0.2, 0.25) is 0 Å². The molecule has 1 heterocycles. The van der Waals surface area contributed by atoms with Crippen molar-refractivity contribution in [1.29, 1.82) is 0 Å². The van der Waals surface area contributed by atoms with E-state index in [1.165, 1.54) is 7.05 Å². The fourth-order valence-corrected chi connectivity index (χ4v) is 2.62. The molecule has 1 aliphatic heterocycles. The molecule has 0 radical (unpaired) electrons. The predicted octanol–water partition coefficient (Wildman–Crippen LogP) is 3.00. The van der Waals surface area contributed by atoms with Gasteiger partial charge in [0.2, 0.25) is 0 Å². The lowest BCUT2D eigenvalue weighted by atomic mass is 10.1. The molecular weight excluding hydrogens is 334 g/mol. The van der Waals surface area contributed by atoms with Gasteiger partial charge in [-0.3, -0.25) is 14.5 Å². The van der Waals surface area contributed by atoms with Gasteiger partial charge in [0.15, 0.2) is 0 Å². The molecule has 0 bridgehead atoms. The van der Waals surface area contributed by atoms with Crippen LogP contribution in [-0.4, -0.2) is 23.8 Å². The number of nitrogen functional groups attached to an aromatic ring is 1. The molecule has 3 rings (SSSR count). The first-order valence-corrected chi connectivity index (χ1v) is 7.05. The van der Waals surface area contributed by atoms with Crippen LogP contribution in [0.3, 0.4) is 0 Å². The molecule has 3 N–H and O–H groups in total. The second kappa shape index (κ2) is 4.89. The van der Waals surface area contributed by atoms with Crippen LogP contribution in [0.15, 0.2) is 40.9 Å². The summed E-state index contributed by atoms with van der Waals surface area (Å²) in [6.45, 7) is 0. The zero-order chi connectivity index (χ0) is 15.1. The third-order valence-electron chi connectivity index (χ3n) is 3.38. The van der Waals surface area contributed by atoms with E-state index in [2.05, 4.69) is 21.2 Å². The van der Waals surface area contributed by atoms with E-state index in [1.54, 1.807) is 24.3 Å². The van der Waals surface area contributed by atoms with Gasteiger partial charge in [0.1, 0.15) is 0 Å². The SMILES string of the molecule is CN1C(=O)c2ccc(Nc3ccc(Br)cc3N)cc2C1=O. The van der Waals surface area contributed by atoms with Crippen molar-refractivity contribution in [1.82, 2.24) is 4.90 Å². The maximum atomic E-state index is 12.0. The molecule has 5 nitrogen and oxygen atoms in total. The van der Waals surface area contributed by atoms with Gasteiger partial charge in [0.05, 0.1) is 22.5 Å². The van der Waals surface area contributed by atoms with Gasteiger partial charge in [-0.25, -0.2) is 0 Å². The molecule has 0 aromatic heterocycles. The van der Waals surface area contributed by atoms with Gasteiger partial charge in [-0.2, -0.15) is 0 Å². The molecular formula is C15H12BrN3O2. The number of carbonyl (C=O) groups is 2.